The minimum absolute atomic E-state index is 0.109. The van der Waals surface area contributed by atoms with Crippen molar-refractivity contribution in [2.75, 3.05) is 50.8 Å². The quantitative estimate of drug-likeness (QED) is 0.830. The Labute approximate surface area is 145 Å². The van der Waals surface area contributed by atoms with E-state index < -0.39 is 0 Å². The standard InChI is InChI=1S/C19H31N3O2/c1-4-17(15-23)21-11-13-22(14-12-21)19(24)16-7-9-18(10-8-16)20(5-2)6-3/h7-10,17,23H,4-6,11-15H2,1-3H3. The molecule has 5 nitrogen and oxygen atoms in total. The summed E-state index contributed by atoms with van der Waals surface area (Å²) in [4.78, 5) is 19.2. The zero-order chi connectivity index (χ0) is 17.5. The number of hydrogen-bond donors (Lipinski definition) is 1. The fourth-order valence-electron chi connectivity index (χ4n) is 3.38. The monoisotopic (exact) mass is 333 g/mol. The number of anilines is 1. The lowest BCUT2D eigenvalue weighted by Gasteiger charge is -2.38. The summed E-state index contributed by atoms with van der Waals surface area (Å²) >= 11 is 0. The van der Waals surface area contributed by atoms with Crippen molar-refractivity contribution in [1.82, 2.24) is 9.80 Å². The lowest BCUT2D eigenvalue weighted by Crippen LogP contribution is -2.52. The largest absolute Gasteiger partial charge is 0.395 e. The van der Waals surface area contributed by atoms with Gasteiger partial charge in [0.05, 0.1) is 6.61 Å². The van der Waals surface area contributed by atoms with Crippen molar-refractivity contribution in [2.45, 2.75) is 33.2 Å². The first-order chi connectivity index (χ1) is 11.6. The first-order valence-corrected chi connectivity index (χ1v) is 9.13. The van der Waals surface area contributed by atoms with Crippen LogP contribution in [0.4, 0.5) is 5.69 Å². The highest BCUT2D eigenvalue weighted by molar-refractivity contribution is 5.94. The van der Waals surface area contributed by atoms with E-state index in [1.54, 1.807) is 0 Å². The summed E-state index contributed by atoms with van der Waals surface area (Å²) in [5.74, 6) is 0.109. The summed E-state index contributed by atoms with van der Waals surface area (Å²) in [5, 5.41) is 9.42. The van der Waals surface area contributed by atoms with Gasteiger partial charge in [0.2, 0.25) is 0 Å². The van der Waals surface area contributed by atoms with Gasteiger partial charge in [-0.3, -0.25) is 9.69 Å². The number of carbonyl (C=O) groups is 1. The van der Waals surface area contributed by atoms with Crippen LogP contribution in [0.1, 0.15) is 37.6 Å². The van der Waals surface area contributed by atoms with Crippen LogP contribution in [-0.4, -0.2) is 72.7 Å². The zero-order valence-corrected chi connectivity index (χ0v) is 15.2. The van der Waals surface area contributed by atoms with Gasteiger partial charge in [0.15, 0.2) is 0 Å². The SMILES string of the molecule is CCC(CO)N1CCN(C(=O)c2ccc(N(CC)CC)cc2)CC1. The fourth-order valence-corrected chi connectivity index (χ4v) is 3.38. The highest BCUT2D eigenvalue weighted by Gasteiger charge is 2.25. The number of benzene rings is 1. The minimum Gasteiger partial charge on any atom is -0.395 e. The molecule has 1 atom stereocenters. The Morgan fingerprint density at radius 3 is 2.12 bits per heavy atom. The van der Waals surface area contributed by atoms with Crippen LogP contribution in [0.2, 0.25) is 0 Å². The molecule has 1 aromatic rings. The van der Waals surface area contributed by atoms with Crippen LogP contribution in [0.25, 0.3) is 0 Å². The van der Waals surface area contributed by atoms with Gasteiger partial charge in [0.25, 0.3) is 5.91 Å². The molecule has 0 radical (unpaired) electrons. The molecule has 1 aliphatic heterocycles. The van der Waals surface area contributed by atoms with Gasteiger partial charge in [-0.1, -0.05) is 6.92 Å². The van der Waals surface area contributed by atoms with Crippen LogP contribution in [0.15, 0.2) is 24.3 Å². The Morgan fingerprint density at radius 2 is 1.67 bits per heavy atom. The molecule has 0 aliphatic carbocycles. The second-order valence-corrected chi connectivity index (χ2v) is 6.29. The number of nitrogens with zero attached hydrogens (tertiary/aromatic N) is 3. The highest BCUT2D eigenvalue weighted by atomic mass is 16.3. The average Bonchev–Trinajstić information content (AvgIpc) is 2.64. The van der Waals surface area contributed by atoms with Crippen molar-refractivity contribution in [3.05, 3.63) is 29.8 Å². The summed E-state index contributed by atoms with van der Waals surface area (Å²) in [5.41, 5.74) is 1.92. The summed E-state index contributed by atoms with van der Waals surface area (Å²) in [7, 11) is 0. The maximum atomic E-state index is 12.7. The van der Waals surface area contributed by atoms with Crippen molar-refractivity contribution in [2.24, 2.45) is 0 Å². The van der Waals surface area contributed by atoms with E-state index in [1.807, 2.05) is 29.2 Å². The summed E-state index contributed by atoms with van der Waals surface area (Å²) < 4.78 is 0. The molecule has 0 spiro atoms. The lowest BCUT2D eigenvalue weighted by atomic mass is 10.1. The van der Waals surface area contributed by atoms with E-state index in [2.05, 4.69) is 30.6 Å². The molecule has 1 N–H and O–H groups in total. The number of hydrogen-bond acceptors (Lipinski definition) is 4. The predicted molar refractivity (Wildman–Crippen MR) is 98.6 cm³/mol. The van der Waals surface area contributed by atoms with Crippen LogP contribution in [0, 0.1) is 0 Å². The van der Waals surface area contributed by atoms with Crippen LogP contribution in [-0.2, 0) is 0 Å². The van der Waals surface area contributed by atoms with E-state index in [0.717, 1.165) is 56.9 Å². The maximum Gasteiger partial charge on any atom is 0.253 e. The molecule has 1 amide bonds. The van der Waals surface area contributed by atoms with Gasteiger partial charge in [0.1, 0.15) is 0 Å². The number of rotatable bonds is 7. The van der Waals surface area contributed by atoms with Gasteiger partial charge in [-0.2, -0.15) is 0 Å². The molecular formula is C19H31N3O2. The average molecular weight is 333 g/mol. The molecule has 1 aliphatic rings. The van der Waals surface area contributed by atoms with E-state index in [-0.39, 0.29) is 18.6 Å². The van der Waals surface area contributed by atoms with Crippen molar-refractivity contribution in [1.29, 1.82) is 0 Å². The van der Waals surface area contributed by atoms with Crippen LogP contribution in [0.3, 0.4) is 0 Å². The third-order valence-electron chi connectivity index (χ3n) is 5.04. The molecule has 1 heterocycles. The molecule has 5 heteroatoms. The number of amides is 1. The van der Waals surface area contributed by atoms with E-state index in [1.165, 1.54) is 0 Å². The number of aliphatic hydroxyl groups excluding tert-OH is 1. The molecule has 134 valence electrons. The normalized spacial score (nSPS) is 16.9. The van der Waals surface area contributed by atoms with Gasteiger partial charge in [-0.05, 0) is 44.5 Å². The molecule has 1 unspecified atom stereocenters. The van der Waals surface area contributed by atoms with E-state index in [0.29, 0.717) is 0 Å². The summed E-state index contributed by atoms with van der Waals surface area (Å²) in [6.07, 6.45) is 0.942. The van der Waals surface area contributed by atoms with E-state index in [4.69, 9.17) is 0 Å². The first-order valence-electron chi connectivity index (χ1n) is 9.13. The van der Waals surface area contributed by atoms with Gasteiger partial charge in [0, 0.05) is 56.6 Å². The second kappa shape index (κ2) is 9.04. The van der Waals surface area contributed by atoms with Crippen LogP contribution < -0.4 is 4.90 Å². The van der Waals surface area contributed by atoms with Crippen molar-refractivity contribution < 1.29 is 9.90 Å². The van der Waals surface area contributed by atoms with Gasteiger partial charge in [-0.25, -0.2) is 0 Å². The topological polar surface area (TPSA) is 47.0 Å². The Kier molecular flexibility index (Phi) is 7.06. The van der Waals surface area contributed by atoms with Crippen LogP contribution >= 0.6 is 0 Å². The Morgan fingerprint density at radius 1 is 1.08 bits per heavy atom. The molecule has 1 aromatic carbocycles. The van der Waals surface area contributed by atoms with Gasteiger partial charge in [-0.15, -0.1) is 0 Å². The van der Waals surface area contributed by atoms with Crippen molar-refractivity contribution in [3.63, 3.8) is 0 Å². The Bertz CT molecular complexity index is 502. The van der Waals surface area contributed by atoms with Crippen LogP contribution in [0.5, 0.6) is 0 Å². The molecule has 1 fully saturated rings. The zero-order valence-electron chi connectivity index (χ0n) is 15.2. The lowest BCUT2D eigenvalue weighted by molar-refractivity contribution is 0.0472. The third kappa shape index (κ3) is 4.28. The summed E-state index contributed by atoms with van der Waals surface area (Å²) in [6, 6.07) is 8.16. The van der Waals surface area contributed by atoms with Crippen molar-refractivity contribution in [3.8, 4) is 0 Å². The highest BCUT2D eigenvalue weighted by Crippen LogP contribution is 2.17. The molecule has 1 saturated heterocycles. The number of carbonyl (C=O) groups excluding carboxylic acids is 1. The molecule has 24 heavy (non-hydrogen) atoms. The molecule has 0 bridgehead atoms. The second-order valence-electron chi connectivity index (χ2n) is 6.29. The first kappa shape index (κ1) is 18.7. The minimum atomic E-state index is 0.109. The molecule has 2 rings (SSSR count). The predicted octanol–water partition coefficient (Wildman–Crippen LogP) is 2.06. The molecular weight excluding hydrogens is 302 g/mol. The molecule has 0 saturated carbocycles. The van der Waals surface area contributed by atoms with Gasteiger partial charge < -0.3 is 14.9 Å². The van der Waals surface area contributed by atoms with E-state index in [9.17, 15) is 9.90 Å². The smallest absolute Gasteiger partial charge is 0.253 e. The number of piperazine rings is 1. The number of aliphatic hydroxyl groups is 1. The summed E-state index contributed by atoms with van der Waals surface area (Å²) in [6.45, 7) is 11.6. The molecule has 0 aromatic heterocycles. The maximum absolute atomic E-state index is 12.7. The van der Waals surface area contributed by atoms with Crippen molar-refractivity contribution >= 4 is 11.6 Å². The fraction of sp³-hybridized carbons (Fsp3) is 0.632. The third-order valence-corrected chi connectivity index (χ3v) is 5.04. The van der Waals surface area contributed by atoms with Gasteiger partial charge >= 0.3 is 0 Å². The van der Waals surface area contributed by atoms with E-state index >= 15 is 0 Å². The Hall–Kier alpha value is -1.59. The Balaban J connectivity index is 1.95.